The van der Waals surface area contributed by atoms with Gasteiger partial charge in [0.05, 0.1) is 6.04 Å². The predicted molar refractivity (Wildman–Crippen MR) is 90.1 cm³/mol. The maximum absolute atomic E-state index is 10.8. The molecule has 2 rings (SSSR count). The van der Waals surface area contributed by atoms with Crippen molar-refractivity contribution in [3.8, 4) is 0 Å². The fourth-order valence-corrected chi connectivity index (χ4v) is 1.75. The van der Waals surface area contributed by atoms with Gasteiger partial charge in [-0.3, -0.25) is 19.6 Å². The van der Waals surface area contributed by atoms with Gasteiger partial charge in [-0.1, -0.05) is 12.1 Å². The Morgan fingerprint density at radius 2 is 1.83 bits per heavy atom. The topological polar surface area (TPSA) is 132 Å². The minimum absolute atomic E-state index is 0.0128. The number of aliphatic carboxylic acids is 1. The molecule has 0 aromatic carbocycles. The monoisotopic (exact) mass is 330 g/mol. The van der Waals surface area contributed by atoms with Gasteiger partial charge in [0.25, 0.3) is 0 Å². The van der Waals surface area contributed by atoms with Crippen molar-refractivity contribution >= 4 is 11.8 Å². The zero-order valence-electron chi connectivity index (χ0n) is 13.5. The number of carboxylic acid groups (broad SMARTS) is 1. The van der Waals surface area contributed by atoms with Crippen LogP contribution in [0.4, 0.5) is 0 Å². The summed E-state index contributed by atoms with van der Waals surface area (Å²) in [6.45, 7) is 1.50. The average molecular weight is 330 g/mol. The highest BCUT2D eigenvalue weighted by Crippen LogP contribution is 2.00. The molecule has 0 spiro atoms. The third kappa shape index (κ3) is 7.57. The van der Waals surface area contributed by atoms with Gasteiger partial charge in [0.15, 0.2) is 0 Å². The predicted octanol–water partition coefficient (Wildman–Crippen LogP) is 0.576. The number of Topliss-reactive ketones (excluding diaryl/α,β-unsaturated/α-hetero) is 1. The number of aromatic nitrogens is 2. The summed E-state index contributed by atoms with van der Waals surface area (Å²) in [5, 5.41) is 8.49. The first-order valence-electron chi connectivity index (χ1n) is 7.43. The Morgan fingerprint density at radius 1 is 1.08 bits per heavy atom. The number of hydrogen-bond donors (Lipinski definition) is 3. The third-order valence-corrected chi connectivity index (χ3v) is 3.17. The first-order valence-corrected chi connectivity index (χ1v) is 7.43. The van der Waals surface area contributed by atoms with Gasteiger partial charge in [-0.05, 0) is 37.1 Å². The summed E-state index contributed by atoms with van der Waals surface area (Å²) < 4.78 is 0. The van der Waals surface area contributed by atoms with Gasteiger partial charge in [-0.25, -0.2) is 0 Å². The van der Waals surface area contributed by atoms with Crippen molar-refractivity contribution in [1.82, 2.24) is 9.97 Å². The summed E-state index contributed by atoms with van der Waals surface area (Å²) in [5.41, 5.74) is 12.6. The number of carboxylic acids is 1. The highest BCUT2D eigenvalue weighted by molar-refractivity contribution is 5.81. The van der Waals surface area contributed by atoms with Crippen molar-refractivity contribution in [2.45, 2.75) is 31.8 Å². The number of nitrogens with zero attached hydrogens (tertiary/aromatic N) is 2. The van der Waals surface area contributed by atoms with E-state index < -0.39 is 18.1 Å². The van der Waals surface area contributed by atoms with Crippen LogP contribution in [-0.4, -0.2) is 38.9 Å². The van der Waals surface area contributed by atoms with Crippen molar-refractivity contribution in [2.24, 2.45) is 11.5 Å². The lowest BCUT2D eigenvalue weighted by Crippen LogP contribution is -2.32. The van der Waals surface area contributed by atoms with E-state index >= 15 is 0 Å². The fourth-order valence-electron chi connectivity index (χ4n) is 1.75. The van der Waals surface area contributed by atoms with E-state index in [1.165, 1.54) is 6.92 Å². The van der Waals surface area contributed by atoms with E-state index in [0.717, 1.165) is 5.56 Å². The maximum Gasteiger partial charge on any atom is 0.320 e. The second kappa shape index (κ2) is 10.2. The number of rotatable bonds is 6. The Bertz CT molecular complexity index is 577. The Labute approximate surface area is 140 Å². The average Bonchev–Trinajstić information content (AvgIpc) is 2.57. The molecule has 0 aliphatic heterocycles. The van der Waals surface area contributed by atoms with Crippen LogP contribution in [-0.2, 0) is 22.4 Å². The van der Waals surface area contributed by atoms with E-state index in [9.17, 15) is 9.59 Å². The molecule has 128 valence electrons. The maximum atomic E-state index is 10.8. The van der Waals surface area contributed by atoms with Crippen molar-refractivity contribution in [3.63, 3.8) is 0 Å². The minimum Gasteiger partial charge on any atom is -0.480 e. The molecule has 0 fully saturated rings. The van der Waals surface area contributed by atoms with Gasteiger partial charge in [-0.2, -0.15) is 0 Å². The summed E-state index contributed by atoms with van der Waals surface area (Å²) in [6.07, 6.45) is 5.88. The van der Waals surface area contributed by atoms with Gasteiger partial charge in [0, 0.05) is 30.7 Å². The smallest absolute Gasteiger partial charge is 0.320 e. The van der Waals surface area contributed by atoms with Crippen LogP contribution in [0.25, 0.3) is 0 Å². The van der Waals surface area contributed by atoms with E-state index in [1.807, 2.05) is 12.1 Å². The summed E-state index contributed by atoms with van der Waals surface area (Å²) in [6, 6.07) is 7.82. The van der Waals surface area contributed by atoms with Crippen LogP contribution in [0, 0.1) is 0 Å². The normalized spacial score (nSPS) is 12.5. The highest BCUT2D eigenvalue weighted by Gasteiger charge is 2.11. The largest absolute Gasteiger partial charge is 0.480 e. The number of carbonyl (C=O) groups excluding carboxylic acids is 1. The number of ketones is 1. The Kier molecular flexibility index (Phi) is 8.24. The minimum atomic E-state index is -0.999. The number of hydrogen-bond acceptors (Lipinski definition) is 6. The van der Waals surface area contributed by atoms with Crippen molar-refractivity contribution in [3.05, 3.63) is 60.2 Å². The molecule has 5 N–H and O–H groups in total. The van der Waals surface area contributed by atoms with E-state index in [2.05, 4.69) is 9.97 Å². The number of carbonyl (C=O) groups is 2. The molecule has 7 nitrogen and oxygen atoms in total. The second-order valence-electron chi connectivity index (χ2n) is 5.25. The lowest BCUT2D eigenvalue weighted by Gasteiger charge is -2.05. The van der Waals surface area contributed by atoms with Crippen LogP contribution in [0.1, 0.15) is 18.2 Å². The highest BCUT2D eigenvalue weighted by atomic mass is 16.4. The first kappa shape index (κ1) is 19.4. The molecule has 0 aliphatic rings. The molecule has 0 radical (unpaired) electrons. The molecule has 0 saturated carbocycles. The van der Waals surface area contributed by atoms with Crippen molar-refractivity contribution < 1.29 is 14.7 Å². The summed E-state index contributed by atoms with van der Waals surface area (Å²) in [5.74, 6) is -0.987. The van der Waals surface area contributed by atoms with Gasteiger partial charge < -0.3 is 16.6 Å². The van der Waals surface area contributed by atoms with E-state index in [4.69, 9.17) is 16.6 Å². The van der Waals surface area contributed by atoms with E-state index in [1.54, 1.807) is 36.8 Å². The molecule has 0 aliphatic carbocycles. The molecule has 0 amide bonds. The van der Waals surface area contributed by atoms with Crippen LogP contribution in [0.3, 0.4) is 0 Å². The van der Waals surface area contributed by atoms with Crippen LogP contribution < -0.4 is 11.5 Å². The van der Waals surface area contributed by atoms with Gasteiger partial charge in [0.2, 0.25) is 0 Å². The zero-order valence-corrected chi connectivity index (χ0v) is 13.5. The molecular formula is C17H22N4O3. The fraction of sp³-hybridized carbons (Fsp3) is 0.294. The second-order valence-corrected chi connectivity index (χ2v) is 5.25. The van der Waals surface area contributed by atoms with Crippen molar-refractivity contribution in [1.29, 1.82) is 0 Å². The quantitative estimate of drug-likeness (QED) is 0.705. The Morgan fingerprint density at radius 3 is 2.33 bits per heavy atom. The van der Waals surface area contributed by atoms with Crippen LogP contribution in [0.15, 0.2) is 48.9 Å². The summed E-state index contributed by atoms with van der Waals surface area (Å²) in [7, 11) is 0. The van der Waals surface area contributed by atoms with Crippen LogP contribution >= 0.6 is 0 Å². The third-order valence-electron chi connectivity index (χ3n) is 3.17. The first-order chi connectivity index (χ1) is 11.4. The molecule has 2 atom stereocenters. The molecule has 0 unspecified atom stereocenters. The van der Waals surface area contributed by atoms with Gasteiger partial charge in [-0.15, -0.1) is 0 Å². The molecule has 0 saturated heterocycles. The summed E-state index contributed by atoms with van der Waals surface area (Å²) >= 11 is 0. The van der Waals surface area contributed by atoms with E-state index in [0.29, 0.717) is 12.1 Å². The van der Waals surface area contributed by atoms with Crippen molar-refractivity contribution in [2.75, 3.05) is 0 Å². The van der Waals surface area contributed by atoms with Gasteiger partial charge >= 0.3 is 5.97 Å². The Balaban J connectivity index is 0.000000240. The standard InChI is InChI=1S/C9H12N2O.C8H10N2O2/c1-7(12)9(10)5-8-3-2-4-11-6-8;9-7(8(11)12)5-6-3-1-2-4-10-6/h2-4,6,9H,5,10H2,1H3;1-4,7H,5,9H2,(H,11,12)/t9-;7-/m00/s1. The molecular weight excluding hydrogens is 308 g/mol. The SMILES string of the molecule is CC(=O)[C@@H](N)Cc1cccnc1.N[C@@H](Cc1ccccn1)C(=O)O. The Hall–Kier alpha value is -2.64. The summed E-state index contributed by atoms with van der Waals surface area (Å²) in [4.78, 5) is 29.0. The number of pyridine rings is 2. The molecule has 0 bridgehead atoms. The van der Waals surface area contributed by atoms with Gasteiger partial charge in [0.1, 0.15) is 11.8 Å². The molecule has 2 aromatic heterocycles. The zero-order chi connectivity index (χ0) is 17.9. The lowest BCUT2D eigenvalue weighted by molar-refractivity contribution is -0.138. The molecule has 2 aromatic rings. The lowest BCUT2D eigenvalue weighted by atomic mass is 10.1. The molecule has 24 heavy (non-hydrogen) atoms. The van der Waals surface area contributed by atoms with E-state index in [-0.39, 0.29) is 12.2 Å². The van der Waals surface area contributed by atoms with Crippen LogP contribution in [0.5, 0.6) is 0 Å². The molecule has 7 heteroatoms. The number of nitrogens with two attached hydrogens (primary N) is 2. The van der Waals surface area contributed by atoms with Crippen LogP contribution in [0.2, 0.25) is 0 Å². The molecule has 2 heterocycles.